The lowest BCUT2D eigenvalue weighted by atomic mass is 10.1. The topological polar surface area (TPSA) is 118 Å². The number of nitrogens with two attached hydrogens (primary N) is 1. The zero-order valence-corrected chi connectivity index (χ0v) is 13.6. The molecule has 2 aromatic rings. The maximum atomic E-state index is 12.4. The Hall–Kier alpha value is -1.94. The van der Waals surface area contributed by atoms with Gasteiger partial charge < -0.3 is 5.32 Å². The Labute approximate surface area is 134 Å². The molecule has 1 unspecified atom stereocenters. The van der Waals surface area contributed by atoms with Gasteiger partial charge in [0.05, 0.1) is 16.7 Å². The lowest BCUT2D eigenvalue weighted by Gasteiger charge is -2.28. The minimum Gasteiger partial charge on any atom is -0.368 e. The van der Waals surface area contributed by atoms with Crippen LogP contribution in [0, 0.1) is 0 Å². The highest BCUT2D eigenvalue weighted by molar-refractivity contribution is 7.90. The first-order valence-electron chi connectivity index (χ1n) is 6.75. The molecule has 3 rings (SSSR count). The van der Waals surface area contributed by atoms with Crippen molar-refractivity contribution in [1.82, 2.24) is 4.72 Å². The Morgan fingerprint density at radius 1 is 1.09 bits per heavy atom. The molecule has 0 spiro atoms. The summed E-state index contributed by atoms with van der Waals surface area (Å²) < 4.78 is 50.0. The van der Waals surface area contributed by atoms with Crippen LogP contribution in [0.3, 0.4) is 0 Å². The summed E-state index contributed by atoms with van der Waals surface area (Å²) in [5.41, 5.74) is 1.31. The molecule has 1 atom stereocenters. The van der Waals surface area contributed by atoms with E-state index in [1.54, 1.807) is 0 Å². The summed E-state index contributed by atoms with van der Waals surface area (Å²) in [7, 11) is -7.80. The third kappa shape index (κ3) is 3.37. The van der Waals surface area contributed by atoms with E-state index in [0.717, 1.165) is 11.6 Å². The van der Waals surface area contributed by atoms with Gasteiger partial charge in [-0.1, -0.05) is 30.3 Å². The van der Waals surface area contributed by atoms with E-state index in [9.17, 15) is 16.8 Å². The summed E-state index contributed by atoms with van der Waals surface area (Å²) in [5, 5.41) is 8.10. The Morgan fingerprint density at radius 3 is 2.43 bits per heavy atom. The van der Waals surface area contributed by atoms with Crippen LogP contribution in [0.15, 0.2) is 58.3 Å². The van der Waals surface area contributed by atoms with E-state index in [2.05, 4.69) is 10.0 Å². The second kappa shape index (κ2) is 5.60. The fourth-order valence-electron chi connectivity index (χ4n) is 2.43. The lowest BCUT2D eigenvalue weighted by Crippen LogP contribution is -2.46. The molecule has 0 saturated carbocycles. The van der Waals surface area contributed by atoms with Gasteiger partial charge in [-0.15, -0.1) is 0 Å². The van der Waals surface area contributed by atoms with Crippen LogP contribution in [0.1, 0.15) is 5.56 Å². The molecule has 0 bridgehead atoms. The molecule has 7 nitrogen and oxygen atoms in total. The van der Waals surface area contributed by atoms with E-state index in [4.69, 9.17) is 5.14 Å². The van der Waals surface area contributed by atoms with Gasteiger partial charge in [-0.2, -0.15) is 4.72 Å². The normalized spacial score (nSPS) is 19.6. The third-order valence-electron chi connectivity index (χ3n) is 3.48. The molecule has 9 heteroatoms. The van der Waals surface area contributed by atoms with Gasteiger partial charge in [-0.25, -0.2) is 22.0 Å². The third-order valence-corrected chi connectivity index (χ3v) is 5.90. The summed E-state index contributed by atoms with van der Waals surface area (Å²) in [4.78, 5) is -0.377. The van der Waals surface area contributed by atoms with E-state index < -0.39 is 26.2 Å². The van der Waals surface area contributed by atoms with E-state index in [-0.39, 0.29) is 9.79 Å². The van der Waals surface area contributed by atoms with Crippen LogP contribution < -0.4 is 15.2 Å². The zero-order chi connectivity index (χ0) is 16.7. The standard InChI is InChI=1S/C14H15N3O4S2/c15-22(18,19)11-6-7-12-13(9-11)23(20,21)17-14(16-12)8-10-4-2-1-3-5-10/h1-7,9,14,16-17H,8H2,(H2,15,18,19). The van der Waals surface area contributed by atoms with Crippen molar-refractivity contribution in [3.05, 3.63) is 54.1 Å². The Bertz CT molecular complexity index is 941. The fourth-order valence-corrected chi connectivity index (χ4v) is 4.39. The molecule has 0 aliphatic carbocycles. The van der Waals surface area contributed by atoms with Crippen LogP contribution in [0.5, 0.6) is 0 Å². The van der Waals surface area contributed by atoms with Crippen LogP contribution in [0.25, 0.3) is 0 Å². The molecule has 122 valence electrons. The molecule has 1 aliphatic heterocycles. The highest BCUT2D eigenvalue weighted by Gasteiger charge is 2.30. The van der Waals surface area contributed by atoms with Gasteiger partial charge in [0.1, 0.15) is 4.90 Å². The highest BCUT2D eigenvalue weighted by Crippen LogP contribution is 2.29. The first-order valence-corrected chi connectivity index (χ1v) is 9.78. The smallest absolute Gasteiger partial charge is 0.244 e. The van der Waals surface area contributed by atoms with Gasteiger partial charge >= 0.3 is 0 Å². The number of nitrogens with one attached hydrogen (secondary N) is 2. The van der Waals surface area contributed by atoms with Crippen molar-refractivity contribution in [2.24, 2.45) is 5.14 Å². The van der Waals surface area contributed by atoms with Gasteiger partial charge in [-0.05, 0) is 23.8 Å². The monoisotopic (exact) mass is 353 g/mol. The van der Waals surface area contributed by atoms with E-state index >= 15 is 0 Å². The predicted octanol–water partition coefficient (Wildman–Crippen LogP) is 0.607. The molecular weight excluding hydrogens is 338 g/mol. The number of benzene rings is 2. The summed E-state index contributed by atoms with van der Waals surface area (Å²) in [6.45, 7) is 0. The molecule has 0 radical (unpaired) electrons. The van der Waals surface area contributed by atoms with Crippen molar-refractivity contribution in [2.45, 2.75) is 22.4 Å². The molecule has 0 saturated heterocycles. The predicted molar refractivity (Wildman–Crippen MR) is 85.7 cm³/mol. The van der Waals surface area contributed by atoms with Gasteiger partial charge in [0, 0.05) is 6.42 Å². The first-order chi connectivity index (χ1) is 10.8. The molecule has 0 aromatic heterocycles. The van der Waals surface area contributed by atoms with Gasteiger partial charge in [0.15, 0.2) is 0 Å². The summed E-state index contributed by atoms with van der Waals surface area (Å²) >= 11 is 0. The summed E-state index contributed by atoms with van der Waals surface area (Å²) in [5.74, 6) is 0. The van der Waals surface area contributed by atoms with E-state index in [0.29, 0.717) is 12.1 Å². The minimum absolute atomic E-state index is 0.131. The average molecular weight is 353 g/mol. The van der Waals surface area contributed by atoms with E-state index in [1.165, 1.54) is 12.1 Å². The van der Waals surface area contributed by atoms with Crippen molar-refractivity contribution in [1.29, 1.82) is 0 Å². The first kappa shape index (κ1) is 15.9. The SMILES string of the molecule is NS(=O)(=O)c1ccc2c(c1)S(=O)(=O)NC(Cc1ccccc1)N2. The molecule has 23 heavy (non-hydrogen) atoms. The van der Waals surface area contributed by atoms with Crippen LogP contribution in [-0.4, -0.2) is 23.0 Å². The highest BCUT2D eigenvalue weighted by atomic mass is 32.2. The van der Waals surface area contributed by atoms with Crippen molar-refractivity contribution in [3.63, 3.8) is 0 Å². The number of rotatable bonds is 3. The van der Waals surface area contributed by atoms with Crippen LogP contribution >= 0.6 is 0 Å². The van der Waals surface area contributed by atoms with Crippen LogP contribution in [-0.2, 0) is 26.5 Å². The summed E-state index contributed by atoms with van der Waals surface area (Å²) in [6.07, 6.45) is -0.0635. The quantitative estimate of drug-likeness (QED) is 0.747. The molecule has 0 fully saturated rings. The number of anilines is 1. The Balaban J connectivity index is 1.95. The molecule has 0 amide bonds. The maximum absolute atomic E-state index is 12.4. The van der Waals surface area contributed by atoms with E-state index in [1.807, 2.05) is 30.3 Å². The molecule has 4 N–H and O–H groups in total. The largest absolute Gasteiger partial charge is 0.368 e. The summed E-state index contributed by atoms with van der Waals surface area (Å²) in [6, 6.07) is 13.2. The van der Waals surface area contributed by atoms with Gasteiger partial charge in [-0.3, -0.25) is 0 Å². The Kier molecular flexibility index (Phi) is 3.88. The molecule has 1 heterocycles. The number of fused-ring (bicyclic) bond motifs is 1. The van der Waals surface area contributed by atoms with Crippen molar-refractivity contribution in [3.8, 4) is 0 Å². The molecule has 1 aliphatic rings. The number of hydrogen-bond acceptors (Lipinski definition) is 5. The van der Waals surface area contributed by atoms with Gasteiger partial charge in [0.2, 0.25) is 20.0 Å². The lowest BCUT2D eigenvalue weighted by molar-refractivity contribution is 0.555. The minimum atomic E-state index is -3.97. The van der Waals surface area contributed by atoms with Gasteiger partial charge in [0.25, 0.3) is 0 Å². The molecular formula is C14H15N3O4S2. The molecule has 2 aromatic carbocycles. The second-order valence-electron chi connectivity index (χ2n) is 5.21. The van der Waals surface area contributed by atoms with Crippen molar-refractivity contribution < 1.29 is 16.8 Å². The number of sulfonamides is 2. The van der Waals surface area contributed by atoms with Crippen LogP contribution in [0.2, 0.25) is 0 Å². The van der Waals surface area contributed by atoms with Crippen molar-refractivity contribution in [2.75, 3.05) is 5.32 Å². The zero-order valence-electron chi connectivity index (χ0n) is 11.9. The Morgan fingerprint density at radius 2 is 1.78 bits per heavy atom. The van der Waals surface area contributed by atoms with Crippen molar-refractivity contribution >= 4 is 25.7 Å². The average Bonchev–Trinajstić information content (AvgIpc) is 2.46. The number of primary sulfonamides is 1. The fraction of sp³-hybridized carbons (Fsp3) is 0.143. The van der Waals surface area contributed by atoms with Crippen LogP contribution in [0.4, 0.5) is 5.69 Å². The number of hydrogen-bond donors (Lipinski definition) is 3. The second-order valence-corrected chi connectivity index (χ2v) is 8.45. The maximum Gasteiger partial charge on any atom is 0.244 e.